The van der Waals surface area contributed by atoms with Crippen molar-refractivity contribution < 1.29 is 19.5 Å². The van der Waals surface area contributed by atoms with Crippen LogP contribution in [0.2, 0.25) is 6.32 Å². The maximum absolute atomic E-state index is 10.2. The minimum atomic E-state index is -0.841. The van der Waals surface area contributed by atoms with Gasteiger partial charge in [-0.15, -0.1) is 0 Å². The van der Waals surface area contributed by atoms with E-state index in [1.54, 1.807) is 6.20 Å². The highest BCUT2D eigenvalue weighted by molar-refractivity contribution is 6.43. The van der Waals surface area contributed by atoms with Crippen molar-refractivity contribution in [3.63, 3.8) is 0 Å². The minimum absolute atomic E-state index is 0.309. The molecule has 2 heterocycles. The van der Waals surface area contributed by atoms with Crippen molar-refractivity contribution in [1.29, 1.82) is 0 Å². The Morgan fingerprint density at radius 2 is 1.86 bits per heavy atom. The first kappa shape index (κ1) is 25.5. The molecule has 1 unspecified atom stereocenters. The fourth-order valence-electron chi connectivity index (χ4n) is 4.43. The molecule has 2 aromatic carbocycles. The van der Waals surface area contributed by atoms with E-state index in [0.717, 1.165) is 44.9 Å². The van der Waals surface area contributed by atoms with Gasteiger partial charge in [-0.25, -0.2) is 0 Å². The fraction of sp³-hybridized carbons (Fsp3) is 0.233. The minimum Gasteiger partial charge on any atom is -0.507 e. The van der Waals surface area contributed by atoms with Gasteiger partial charge in [-0.3, -0.25) is 4.98 Å². The van der Waals surface area contributed by atoms with Crippen LogP contribution in [0.4, 0.5) is 0 Å². The van der Waals surface area contributed by atoms with Gasteiger partial charge in [0.2, 0.25) is 0 Å². The van der Waals surface area contributed by atoms with Gasteiger partial charge in [0.05, 0.1) is 11.8 Å². The Morgan fingerprint density at radius 3 is 2.56 bits per heavy atom. The van der Waals surface area contributed by atoms with E-state index in [2.05, 4.69) is 17.6 Å². The number of nitrogens with zero attached hydrogens (tertiary/aromatic N) is 1. The lowest BCUT2D eigenvalue weighted by molar-refractivity contribution is 0.182. The van der Waals surface area contributed by atoms with Crippen LogP contribution in [0.1, 0.15) is 35.2 Å². The first-order valence-corrected chi connectivity index (χ1v) is 12.2. The summed E-state index contributed by atoms with van der Waals surface area (Å²) in [4.78, 5) is 4.57. The van der Waals surface area contributed by atoms with E-state index < -0.39 is 7.12 Å². The molecule has 1 atom stereocenters. The molecule has 4 rings (SSSR count). The zero-order valence-corrected chi connectivity index (χ0v) is 20.9. The normalized spacial score (nSPS) is 16.0. The van der Waals surface area contributed by atoms with Gasteiger partial charge >= 0.3 is 7.12 Å². The SMILES string of the molecule is C=C(COc1ccccc1)C1=CCB(O)OC1CC/C(=C/c1cc(C)c(O)c(C)c1)c1ccccn1. The highest BCUT2D eigenvalue weighted by atomic mass is 16.5. The molecular formula is C30H32BNO4. The Morgan fingerprint density at radius 1 is 1.14 bits per heavy atom. The van der Waals surface area contributed by atoms with E-state index in [1.807, 2.05) is 80.6 Å². The van der Waals surface area contributed by atoms with Crippen molar-refractivity contribution in [1.82, 2.24) is 4.98 Å². The van der Waals surface area contributed by atoms with Gasteiger partial charge in [-0.1, -0.05) is 36.9 Å². The van der Waals surface area contributed by atoms with Crippen LogP contribution in [0.5, 0.6) is 11.5 Å². The number of phenolic OH excluding ortho intramolecular Hbond substituents is 1. The number of allylic oxidation sites excluding steroid dienone is 2. The van der Waals surface area contributed by atoms with Gasteiger partial charge < -0.3 is 19.5 Å². The lowest BCUT2D eigenvalue weighted by Crippen LogP contribution is -2.32. The van der Waals surface area contributed by atoms with E-state index in [0.29, 0.717) is 31.5 Å². The van der Waals surface area contributed by atoms with Crippen LogP contribution < -0.4 is 4.74 Å². The third-order valence-electron chi connectivity index (χ3n) is 6.30. The highest BCUT2D eigenvalue weighted by Crippen LogP contribution is 2.31. The first-order valence-electron chi connectivity index (χ1n) is 12.2. The maximum Gasteiger partial charge on any atom is 0.458 e. The van der Waals surface area contributed by atoms with Gasteiger partial charge in [0, 0.05) is 12.5 Å². The Kier molecular flexibility index (Phi) is 8.42. The van der Waals surface area contributed by atoms with Crippen LogP contribution in [0, 0.1) is 13.8 Å². The molecule has 0 saturated heterocycles. The van der Waals surface area contributed by atoms with Gasteiger partial charge in [0.15, 0.2) is 0 Å². The Hall–Kier alpha value is -3.61. The summed E-state index contributed by atoms with van der Waals surface area (Å²) < 4.78 is 11.9. The molecule has 6 heteroatoms. The average molecular weight is 481 g/mol. The van der Waals surface area contributed by atoms with E-state index in [9.17, 15) is 10.1 Å². The highest BCUT2D eigenvalue weighted by Gasteiger charge is 2.28. The number of hydrogen-bond acceptors (Lipinski definition) is 5. The van der Waals surface area contributed by atoms with Gasteiger partial charge in [0.25, 0.3) is 0 Å². The number of phenols is 1. The van der Waals surface area contributed by atoms with Gasteiger partial charge in [-0.2, -0.15) is 0 Å². The summed E-state index contributed by atoms with van der Waals surface area (Å²) in [6, 6.07) is 19.4. The van der Waals surface area contributed by atoms with Crippen molar-refractivity contribution in [2.24, 2.45) is 0 Å². The molecule has 0 bridgehead atoms. The number of para-hydroxylation sites is 1. The number of aryl methyl sites for hydroxylation is 2. The molecule has 184 valence electrons. The zero-order chi connectivity index (χ0) is 25.5. The molecule has 0 fully saturated rings. The monoisotopic (exact) mass is 481 g/mol. The summed E-state index contributed by atoms with van der Waals surface area (Å²) in [6.45, 7) is 8.39. The summed E-state index contributed by atoms with van der Waals surface area (Å²) in [7, 11) is -0.841. The van der Waals surface area contributed by atoms with E-state index in [-0.39, 0.29) is 6.10 Å². The molecule has 1 aliphatic rings. The van der Waals surface area contributed by atoms with Crippen molar-refractivity contribution in [3.05, 3.63) is 113 Å². The molecular weight excluding hydrogens is 449 g/mol. The predicted octanol–water partition coefficient (Wildman–Crippen LogP) is 6.17. The number of benzene rings is 2. The molecule has 0 aliphatic carbocycles. The van der Waals surface area contributed by atoms with Crippen LogP contribution in [0.3, 0.4) is 0 Å². The molecule has 0 saturated carbocycles. The number of aromatic nitrogens is 1. The molecule has 1 aliphatic heterocycles. The van der Waals surface area contributed by atoms with Crippen LogP contribution in [-0.2, 0) is 4.65 Å². The zero-order valence-electron chi connectivity index (χ0n) is 20.9. The second-order valence-corrected chi connectivity index (χ2v) is 9.11. The van der Waals surface area contributed by atoms with Crippen LogP contribution in [0.15, 0.2) is 90.7 Å². The van der Waals surface area contributed by atoms with Gasteiger partial charge in [0.1, 0.15) is 18.1 Å². The van der Waals surface area contributed by atoms with Crippen molar-refractivity contribution in [2.75, 3.05) is 6.61 Å². The maximum atomic E-state index is 10.2. The van der Waals surface area contributed by atoms with Crippen LogP contribution in [0.25, 0.3) is 11.6 Å². The Balaban J connectivity index is 1.53. The van der Waals surface area contributed by atoms with E-state index >= 15 is 0 Å². The quantitative estimate of drug-likeness (QED) is 0.358. The van der Waals surface area contributed by atoms with Crippen LogP contribution in [-0.4, -0.2) is 34.9 Å². The molecule has 0 amide bonds. The molecule has 1 aromatic heterocycles. The summed E-state index contributed by atoms with van der Waals surface area (Å²) >= 11 is 0. The number of rotatable bonds is 9. The standard InChI is InChI=1S/C30H32BNO4/c1-21-17-24(18-22(2)30(21)33)19-25(28-11-7-8-16-32-28)12-13-29-27(14-15-31(34)36-29)23(3)20-35-26-9-5-4-6-10-26/h4-11,14,16-19,29,33-34H,3,12-13,15,20H2,1-2H3/b25-19-. The second kappa shape index (κ2) is 11.9. The van der Waals surface area contributed by atoms with E-state index in [1.165, 1.54) is 0 Å². The van der Waals surface area contributed by atoms with Crippen molar-refractivity contribution in [2.45, 2.75) is 39.1 Å². The van der Waals surface area contributed by atoms with Crippen molar-refractivity contribution in [3.8, 4) is 11.5 Å². The molecule has 2 N–H and O–H groups in total. The summed E-state index contributed by atoms with van der Waals surface area (Å²) in [6.07, 6.45) is 7.33. The third kappa shape index (κ3) is 6.53. The lowest BCUT2D eigenvalue weighted by atomic mass is 9.78. The Bertz CT molecular complexity index is 1230. The summed E-state index contributed by atoms with van der Waals surface area (Å²) in [5.74, 6) is 1.11. The average Bonchev–Trinajstić information content (AvgIpc) is 2.89. The summed E-state index contributed by atoms with van der Waals surface area (Å²) in [5, 5.41) is 20.4. The lowest BCUT2D eigenvalue weighted by Gasteiger charge is -2.28. The summed E-state index contributed by atoms with van der Waals surface area (Å²) in [5.41, 5.74) is 6.41. The predicted molar refractivity (Wildman–Crippen MR) is 146 cm³/mol. The number of hydrogen-bond donors (Lipinski definition) is 2. The van der Waals surface area contributed by atoms with Gasteiger partial charge in [-0.05, 0) is 103 Å². The number of ether oxygens (including phenoxy) is 1. The van der Waals surface area contributed by atoms with Crippen LogP contribution >= 0.6 is 0 Å². The smallest absolute Gasteiger partial charge is 0.458 e. The molecule has 0 radical (unpaired) electrons. The fourth-order valence-corrected chi connectivity index (χ4v) is 4.43. The largest absolute Gasteiger partial charge is 0.507 e. The number of pyridine rings is 1. The van der Waals surface area contributed by atoms with E-state index in [4.69, 9.17) is 9.39 Å². The molecule has 3 aromatic rings. The molecule has 5 nitrogen and oxygen atoms in total. The topological polar surface area (TPSA) is 71.8 Å². The first-order chi connectivity index (χ1) is 17.4. The Labute approximate surface area is 213 Å². The van der Waals surface area contributed by atoms with Crippen molar-refractivity contribution >= 4 is 18.8 Å². The number of aromatic hydroxyl groups is 1. The third-order valence-corrected chi connectivity index (χ3v) is 6.30. The molecule has 0 spiro atoms. The molecule has 36 heavy (non-hydrogen) atoms. The second-order valence-electron chi connectivity index (χ2n) is 9.11.